The summed E-state index contributed by atoms with van der Waals surface area (Å²) in [4.78, 5) is 31.3. The fraction of sp³-hybridized carbons (Fsp3) is 0.824. The molecule has 0 aromatic carbocycles. The topological polar surface area (TPSA) is 53.0 Å². The van der Waals surface area contributed by atoms with Gasteiger partial charge in [-0.05, 0) is 43.4 Å². The summed E-state index contributed by atoms with van der Waals surface area (Å²) in [6, 6.07) is 0.122. The van der Waals surface area contributed by atoms with Crippen molar-refractivity contribution in [2.24, 2.45) is 22.7 Å². The van der Waals surface area contributed by atoms with Gasteiger partial charge in [-0.25, -0.2) is 4.79 Å². The van der Waals surface area contributed by atoms with E-state index in [0.717, 1.165) is 32.2 Å². The number of rotatable bonds is 3. The minimum atomic E-state index is -0.0278. The lowest BCUT2D eigenvalue weighted by Crippen LogP contribution is -2.40. The average molecular weight is 305 g/mol. The molecule has 0 spiro atoms. The molecular formula is C17H27N3O2. The van der Waals surface area contributed by atoms with Gasteiger partial charge >= 0.3 is 6.03 Å². The maximum absolute atomic E-state index is 12.1. The van der Waals surface area contributed by atoms with Crippen LogP contribution in [0.1, 0.15) is 38.5 Å². The van der Waals surface area contributed by atoms with Gasteiger partial charge in [-0.1, -0.05) is 12.8 Å². The second-order valence-corrected chi connectivity index (χ2v) is 7.51. The van der Waals surface area contributed by atoms with Crippen LogP contribution in [0.25, 0.3) is 0 Å². The first kappa shape index (κ1) is 15.5. The van der Waals surface area contributed by atoms with Crippen molar-refractivity contribution in [2.45, 2.75) is 44.1 Å². The summed E-state index contributed by atoms with van der Waals surface area (Å²) in [7, 11) is 3.63. The number of fused-ring (bicyclic) bond motifs is 1. The van der Waals surface area contributed by atoms with E-state index in [4.69, 9.17) is 4.99 Å². The smallest absolute Gasteiger partial charge is 0.319 e. The molecule has 122 valence electrons. The first-order valence-corrected chi connectivity index (χ1v) is 8.51. The van der Waals surface area contributed by atoms with Crippen molar-refractivity contribution >= 4 is 18.5 Å². The Morgan fingerprint density at radius 3 is 2.27 bits per heavy atom. The number of carbonyl (C=O) groups excluding carboxylic acids is 2. The number of amides is 2. The number of aldehydes is 1. The SMILES string of the molecule is CN(C)C(=O)N1C[C@@H]2CC(N=CC=O)(C3CCCC3)C[C@@H]2C1. The second kappa shape index (κ2) is 6.01. The first-order chi connectivity index (χ1) is 10.6. The van der Waals surface area contributed by atoms with E-state index >= 15 is 0 Å². The molecule has 22 heavy (non-hydrogen) atoms. The van der Waals surface area contributed by atoms with Crippen molar-refractivity contribution in [2.75, 3.05) is 27.2 Å². The third-order valence-corrected chi connectivity index (χ3v) is 5.97. The van der Waals surface area contributed by atoms with E-state index in [1.807, 2.05) is 19.0 Å². The molecule has 3 aliphatic rings. The van der Waals surface area contributed by atoms with Gasteiger partial charge in [0.05, 0.1) is 11.8 Å². The van der Waals surface area contributed by atoms with E-state index < -0.39 is 0 Å². The van der Waals surface area contributed by atoms with E-state index in [0.29, 0.717) is 17.8 Å². The van der Waals surface area contributed by atoms with Gasteiger partial charge in [-0.15, -0.1) is 0 Å². The van der Waals surface area contributed by atoms with Gasteiger partial charge in [-0.3, -0.25) is 9.79 Å². The molecule has 1 heterocycles. The molecule has 5 heteroatoms. The lowest BCUT2D eigenvalue weighted by molar-refractivity contribution is -0.102. The molecule has 5 nitrogen and oxygen atoms in total. The molecule has 0 N–H and O–H groups in total. The number of urea groups is 1. The van der Waals surface area contributed by atoms with Crippen LogP contribution in [0.2, 0.25) is 0 Å². The van der Waals surface area contributed by atoms with Crippen LogP contribution >= 0.6 is 0 Å². The normalized spacial score (nSPS) is 35.3. The Morgan fingerprint density at radius 2 is 1.77 bits per heavy atom. The van der Waals surface area contributed by atoms with Gasteiger partial charge in [0.15, 0.2) is 6.29 Å². The Bertz CT molecular complexity index is 455. The molecule has 0 aromatic rings. The summed E-state index contributed by atoms with van der Waals surface area (Å²) in [6.07, 6.45) is 9.46. The maximum atomic E-state index is 12.1. The molecule has 0 radical (unpaired) electrons. The molecule has 3 fully saturated rings. The van der Waals surface area contributed by atoms with Crippen LogP contribution in [-0.4, -0.2) is 61.1 Å². The maximum Gasteiger partial charge on any atom is 0.319 e. The standard InChI is InChI=1S/C17H27N3O2/c1-19(2)16(22)20-11-13-9-17(18-7-8-21,10-14(13)12-20)15-5-3-4-6-15/h7-8,13-15H,3-6,9-12H2,1-2H3/t13-,14+,17?. The highest BCUT2D eigenvalue weighted by atomic mass is 16.2. The van der Waals surface area contributed by atoms with Crippen molar-refractivity contribution in [1.82, 2.24) is 9.80 Å². The molecule has 1 unspecified atom stereocenters. The molecule has 3 rings (SSSR count). The van der Waals surface area contributed by atoms with Crippen LogP contribution in [0.15, 0.2) is 4.99 Å². The van der Waals surface area contributed by atoms with Gasteiger partial charge < -0.3 is 9.80 Å². The Balaban J connectivity index is 1.72. The van der Waals surface area contributed by atoms with E-state index in [2.05, 4.69) is 0 Å². The zero-order valence-electron chi connectivity index (χ0n) is 13.7. The van der Waals surface area contributed by atoms with Crippen molar-refractivity contribution in [3.8, 4) is 0 Å². The van der Waals surface area contributed by atoms with Gasteiger partial charge in [0, 0.05) is 27.2 Å². The lowest BCUT2D eigenvalue weighted by atomic mass is 9.80. The molecule has 1 saturated heterocycles. The molecule has 2 saturated carbocycles. The lowest BCUT2D eigenvalue weighted by Gasteiger charge is -2.33. The third kappa shape index (κ3) is 2.66. The number of carbonyl (C=O) groups is 2. The Kier molecular flexibility index (Phi) is 4.24. The van der Waals surface area contributed by atoms with Crippen LogP contribution in [0, 0.1) is 17.8 Å². The number of nitrogens with zero attached hydrogens (tertiary/aromatic N) is 3. The Morgan fingerprint density at radius 1 is 1.18 bits per heavy atom. The van der Waals surface area contributed by atoms with Gasteiger partial charge in [0.2, 0.25) is 0 Å². The van der Waals surface area contributed by atoms with Gasteiger partial charge in [0.1, 0.15) is 0 Å². The highest BCUT2D eigenvalue weighted by molar-refractivity contribution is 6.13. The third-order valence-electron chi connectivity index (χ3n) is 5.97. The van der Waals surface area contributed by atoms with Crippen molar-refractivity contribution in [3.63, 3.8) is 0 Å². The zero-order chi connectivity index (χ0) is 15.7. The van der Waals surface area contributed by atoms with Crippen molar-refractivity contribution in [3.05, 3.63) is 0 Å². The first-order valence-electron chi connectivity index (χ1n) is 8.51. The number of hydrogen-bond donors (Lipinski definition) is 0. The molecule has 3 atom stereocenters. The summed E-state index contributed by atoms with van der Waals surface area (Å²) >= 11 is 0. The average Bonchev–Trinajstić information content (AvgIpc) is 3.18. The Hall–Kier alpha value is -1.39. The summed E-state index contributed by atoms with van der Waals surface area (Å²) < 4.78 is 0. The minimum absolute atomic E-state index is 0.0278. The largest absolute Gasteiger partial charge is 0.331 e. The molecule has 2 aliphatic carbocycles. The van der Waals surface area contributed by atoms with Crippen LogP contribution < -0.4 is 0 Å². The van der Waals surface area contributed by atoms with E-state index in [1.165, 1.54) is 31.9 Å². The minimum Gasteiger partial charge on any atom is -0.331 e. The monoisotopic (exact) mass is 305 g/mol. The molecule has 0 bridgehead atoms. The number of likely N-dealkylation sites (tertiary alicyclic amines) is 1. The summed E-state index contributed by atoms with van der Waals surface area (Å²) in [6.45, 7) is 1.71. The fourth-order valence-electron chi connectivity index (χ4n) is 5.02. The molecular weight excluding hydrogens is 278 g/mol. The van der Waals surface area contributed by atoms with Crippen molar-refractivity contribution in [1.29, 1.82) is 0 Å². The van der Waals surface area contributed by atoms with Crippen LogP contribution in [-0.2, 0) is 4.79 Å². The van der Waals surface area contributed by atoms with Crippen LogP contribution in [0.3, 0.4) is 0 Å². The van der Waals surface area contributed by atoms with Crippen molar-refractivity contribution < 1.29 is 9.59 Å². The van der Waals surface area contributed by atoms with E-state index in [1.54, 1.807) is 4.90 Å². The van der Waals surface area contributed by atoms with Gasteiger partial charge in [0.25, 0.3) is 0 Å². The summed E-state index contributed by atoms with van der Waals surface area (Å²) in [5, 5.41) is 0. The zero-order valence-corrected chi connectivity index (χ0v) is 13.7. The molecule has 0 aromatic heterocycles. The van der Waals surface area contributed by atoms with E-state index in [-0.39, 0.29) is 11.6 Å². The highest BCUT2D eigenvalue weighted by Gasteiger charge is 2.53. The second-order valence-electron chi connectivity index (χ2n) is 7.51. The van der Waals surface area contributed by atoms with E-state index in [9.17, 15) is 9.59 Å². The highest BCUT2D eigenvalue weighted by Crippen LogP contribution is 2.53. The summed E-state index contributed by atoms with van der Waals surface area (Å²) in [5.41, 5.74) is -0.0278. The Labute approximate surface area is 132 Å². The van der Waals surface area contributed by atoms with Gasteiger partial charge in [-0.2, -0.15) is 0 Å². The predicted octanol–water partition coefficient (Wildman–Crippen LogP) is 2.21. The molecule has 1 aliphatic heterocycles. The van der Waals surface area contributed by atoms with Crippen LogP contribution in [0.5, 0.6) is 0 Å². The number of aliphatic imine (C=N–C) groups is 1. The quantitative estimate of drug-likeness (QED) is 0.593. The predicted molar refractivity (Wildman–Crippen MR) is 86.1 cm³/mol. The summed E-state index contributed by atoms with van der Waals surface area (Å²) in [5.74, 6) is 1.73. The number of hydrogen-bond acceptors (Lipinski definition) is 3. The molecule has 2 amide bonds. The van der Waals surface area contributed by atoms with Crippen LogP contribution in [0.4, 0.5) is 4.79 Å². The fourth-order valence-corrected chi connectivity index (χ4v) is 5.02.